The second kappa shape index (κ2) is 9.98. The van der Waals surface area contributed by atoms with E-state index in [-0.39, 0.29) is 5.91 Å². The molecule has 0 spiro atoms. The number of nitrogens with one attached hydrogen (secondary N) is 2. The van der Waals surface area contributed by atoms with Crippen LogP contribution in [0.5, 0.6) is 5.75 Å². The van der Waals surface area contributed by atoms with Gasteiger partial charge < -0.3 is 20.3 Å². The summed E-state index contributed by atoms with van der Waals surface area (Å²) in [5, 5.41) is 8.55. The Bertz CT molecular complexity index is 1260. The third-order valence-electron chi connectivity index (χ3n) is 6.27. The zero-order valence-electron chi connectivity index (χ0n) is 19.3. The molecule has 1 aliphatic heterocycles. The minimum absolute atomic E-state index is 0.119. The molecule has 0 saturated carbocycles. The molecule has 1 heterocycles. The Hall–Kier alpha value is -3.83. The number of nitrogens with zero attached hydrogens (tertiary/aromatic N) is 1. The molecular weight excluding hydrogens is 422 g/mol. The summed E-state index contributed by atoms with van der Waals surface area (Å²) in [6.45, 7) is 2.17. The van der Waals surface area contributed by atoms with E-state index in [1.54, 1.807) is 0 Å². The van der Waals surface area contributed by atoms with E-state index in [0.29, 0.717) is 11.7 Å². The summed E-state index contributed by atoms with van der Waals surface area (Å²) < 4.78 is 6.13. The number of carbonyl (C=O) groups is 1. The number of anilines is 3. The molecule has 0 radical (unpaired) electrons. The van der Waals surface area contributed by atoms with Gasteiger partial charge in [-0.2, -0.15) is 0 Å². The highest BCUT2D eigenvalue weighted by Gasteiger charge is 2.17. The summed E-state index contributed by atoms with van der Waals surface area (Å²) in [4.78, 5) is 15.0. The lowest BCUT2D eigenvalue weighted by Crippen LogP contribution is -2.35. The average molecular weight is 452 g/mol. The van der Waals surface area contributed by atoms with Crippen molar-refractivity contribution in [3.8, 4) is 5.75 Å². The molecule has 34 heavy (non-hydrogen) atoms. The van der Waals surface area contributed by atoms with Crippen LogP contribution in [0.25, 0.3) is 10.8 Å². The molecule has 0 unspecified atom stereocenters. The average Bonchev–Trinajstić information content (AvgIpc) is 2.87. The quantitative estimate of drug-likeness (QED) is 0.361. The lowest BCUT2D eigenvalue weighted by Gasteiger charge is -2.29. The largest absolute Gasteiger partial charge is 0.490 e. The molecule has 1 fully saturated rings. The van der Waals surface area contributed by atoms with E-state index in [9.17, 15) is 4.79 Å². The fraction of sp³-hybridized carbons (Fsp3) is 0.207. The number of fused-ring (bicyclic) bond motifs is 1. The zero-order valence-corrected chi connectivity index (χ0v) is 19.3. The molecule has 5 nitrogen and oxygen atoms in total. The highest BCUT2D eigenvalue weighted by Crippen LogP contribution is 2.24. The number of piperidine rings is 1. The van der Waals surface area contributed by atoms with Crippen LogP contribution in [0.3, 0.4) is 0 Å². The van der Waals surface area contributed by atoms with Gasteiger partial charge in [0, 0.05) is 35.7 Å². The summed E-state index contributed by atoms with van der Waals surface area (Å²) >= 11 is 0. The molecule has 4 aromatic rings. The van der Waals surface area contributed by atoms with Crippen LogP contribution in [0.15, 0.2) is 91.0 Å². The van der Waals surface area contributed by atoms with Crippen molar-refractivity contribution < 1.29 is 9.53 Å². The maximum absolute atomic E-state index is 12.7. The molecule has 5 rings (SSSR count). The van der Waals surface area contributed by atoms with E-state index in [0.717, 1.165) is 59.5 Å². The molecule has 5 heteroatoms. The molecule has 0 aromatic heterocycles. The van der Waals surface area contributed by atoms with Crippen LogP contribution in [-0.4, -0.2) is 37.0 Å². The van der Waals surface area contributed by atoms with Gasteiger partial charge in [-0.25, -0.2) is 0 Å². The Balaban J connectivity index is 1.16. The summed E-state index contributed by atoms with van der Waals surface area (Å²) in [5.41, 5.74) is 3.34. The molecule has 0 aliphatic carbocycles. The molecule has 1 saturated heterocycles. The van der Waals surface area contributed by atoms with Crippen LogP contribution in [0.2, 0.25) is 0 Å². The SMILES string of the molecule is CN1CCC(Oc2ccc(Nc3ccc(NC(=O)c4ccc5ccccc5c4)cc3)cc2)CC1. The van der Waals surface area contributed by atoms with E-state index in [4.69, 9.17) is 4.74 Å². The fourth-order valence-electron chi connectivity index (χ4n) is 4.25. The predicted molar refractivity (Wildman–Crippen MR) is 139 cm³/mol. The van der Waals surface area contributed by atoms with E-state index in [1.807, 2.05) is 91.0 Å². The molecule has 172 valence electrons. The summed E-state index contributed by atoms with van der Waals surface area (Å²) in [7, 11) is 2.15. The van der Waals surface area contributed by atoms with Crippen LogP contribution in [0.1, 0.15) is 23.2 Å². The van der Waals surface area contributed by atoms with Crippen LogP contribution < -0.4 is 15.4 Å². The Kier molecular flexibility index (Phi) is 6.45. The van der Waals surface area contributed by atoms with Gasteiger partial charge in [-0.15, -0.1) is 0 Å². The first-order valence-corrected chi connectivity index (χ1v) is 11.7. The fourth-order valence-corrected chi connectivity index (χ4v) is 4.25. The van der Waals surface area contributed by atoms with Crippen molar-refractivity contribution in [3.05, 3.63) is 96.6 Å². The van der Waals surface area contributed by atoms with Crippen LogP contribution in [0.4, 0.5) is 17.1 Å². The topological polar surface area (TPSA) is 53.6 Å². The second-order valence-electron chi connectivity index (χ2n) is 8.86. The molecule has 1 amide bonds. The van der Waals surface area contributed by atoms with E-state index in [2.05, 4.69) is 22.6 Å². The molecule has 0 atom stereocenters. The normalized spacial score (nSPS) is 14.6. The number of carbonyl (C=O) groups excluding carboxylic acids is 1. The number of ether oxygens (including phenoxy) is 1. The van der Waals surface area contributed by atoms with Crippen LogP contribution in [-0.2, 0) is 0 Å². The van der Waals surface area contributed by atoms with E-state index in [1.165, 1.54) is 0 Å². The number of benzene rings is 4. The van der Waals surface area contributed by atoms with Crippen molar-refractivity contribution in [1.29, 1.82) is 0 Å². The molecule has 0 bridgehead atoms. The Morgan fingerprint density at radius 2 is 1.41 bits per heavy atom. The van der Waals surface area contributed by atoms with Crippen molar-refractivity contribution in [3.63, 3.8) is 0 Å². The summed E-state index contributed by atoms with van der Waals surface area (Å²) in [6, 6.07) is 29.6. The number of rotatable bonds is 6. The van der Waals surface area contributed by atoms with Gasteiger partial charge in [0.1, 0.15) is 11.9 Å². The lowest BCUT2D eigenvalue weighted by atomic mass is 10.1. The standard InChI is InChI=1S/C29H29N3O2/c1-32-18-16-28(17-19-32)34-27-14-12-25(13-15-27)30-24-8-10-26(11-9-24)31-29(33)23-7-6-21-4-2-3-5-22(21)20-23/h2-15,20,28,30H,16-19H2,1H3,(H,31,33). The molecule has 1 aliphatic rings. The van der Waals surface area contributed by atoms with Crippen molar-refractivity contribution in [2.75, 3.05) is 30.8 Å². The summed E-state index contributed by atoms with van der Waals surface area (Å²) in [5.74, 6) is 0.790. The Morgan fingerprint density at radius 3 is 2.12 bits per heavy atom. The first-order valence-electron chi connectivity index (χ1n) is 11.7. The van der Waals surface area contributed by atoms with Gasteiger partial charge in [0.2, 0.25) is 0 Å². The van der Waals surface area contributed by atoms with Gasteiger partial charge in [-0.3, -0.25) is 4.79 Å². The third kappa shape index (κ3) is 5.38. The van der Waals surface area contributed by atoms with Crippen molar-refractivity contribution >= 4 is 33.7 Å². The van der Waals surface area contributed by atoms with Gasteiger partial charge in [-0.05, 0) is 91.3 Å². The third-order valence-corrected chi connectivity index (χ3v) is 6.27. The second-order valence-corrected chi connectivity index (χ2v) is 8.86. The van der Waals surface area contributed by atoms with Crippen molar-refractivity contribution in [2.24, 2.45) is 0 Å². The highest BCUT2D eigenvalue weighted by molar-refractivity contribution is 6.06. The maximum atomic E-state index is 12.7. The Morgan fingerprint density at radius 1 is 0.794 bits per heavy atom. The number of hydrogen-bond donors (Lipinski definition) is 2. The predicted octanol–water partition coefficient (Wildman–Crippen LogP) is 6.31. The minimum Gasteiger partial charge on any atom is -0.490 e. The van der Waals surface area contributed by atoms with Crippen molar-refractivity contribution in [2.45, 2.75) is 18.9 Å². The number of amides is 1. The first kappa shape index (κ1) is 22.0. The molecule has 4 aromatic carbocycles. The Labute approximate surface area is 200 Å². The number of likely N-dealkylation sites (tertiary alicyclic amines) is 1. The van der Waals surface area contributed by atoms with Gasteiger partial charge in [-0.1, -0.05) is 30.3 Å². The zero-order chi connectivity index (χ0) is 23.3. The van der Waals surface area contributed by atoms with E-state index >= 15 is 0 Å². The first-order chi connectivity index (χ1) is 16.6. The smallest absolute Gasteiger partial charge is 0.255 e. The molecular formula is C29H29N3O2. The van der Waals surface area contributed by atoms with Gasteiger partial charge in [0.15, 0.2) is 0 Å². The van der Waals surface area contributed by atoms with Crippen LogP contribution in [0, 0.1) is 0 Å². The lowest BCUT2D eigenvalue weighted by molar-refractivity contribution is 0.102. The van der Waals surface area contributed by atoms with Crippen LogP contribution >= 0.6 is 0 Å². The monoisotopic (exact) mass is 451 g/mol. The van der Waals surface area contributed by atoms with Crippen molar-refractivity contribution in [1.82, 2.24) is 4.90 Å². The van der Waals surface area contributed by atoms with Gasteiger partial charge in [0.05, 0.1) is 0 Å². The molecule has 2 N–H and O–H groups in total. The summed E-state index contributed by atoms with van der Waals surface area (Å²) in [6.07, 6.45) is 2.44. The minimum atomic E-state index is -0.119. The number of hydrogen-bond acceptors (Lipinski definition) is 4. The van der Waals surface area contributed by atoms with Gasteiger partial charge >= 0.3 is 0 Å². The van der Waals surface area contributed by atoms with Gasteiger partial charge in [0.25, 0.3) is 5.91 Å². The highest BCUT2D eigenvalue weighted by atomic mass is 16.5. The van der Waals surface area contributed by atoms with E-state index < -0.39 is 0 Å². The maximum Gasteiger partial charge on any atom is 0.255 e.